The van der Waals surface area contributed by atoms with Crippen molar-refractivity contribution < 1.29 is 66.9 Å². The van der Waals surface area contributed by atoms with E-state index in [1.807, 2.05) is 27.7 Å². The van der Waals surface area contributed by atoms with Crippen molar-refractivity contribution >= 4 is 65.4 Å². The van der Waals surface area contributed by atoms with Gasteiger partial charge in [-0.1, -0.05) is 39.3 Å². The number of hydrogen-bond acceptors (Lipinski definition) is 11. The summed E-state index contributed by atoms with van der Waals surface area (Å²) in [6, 6.07) is 5.20. The number of rotatable bonds is 20. The number of benzene rings is 2. The molecule has 7 amide bonds. The summed E-state index contributed by atoms with van der Waals surface area (Å²) >= 11 is 0. The van der Waals surface area contributed by atoms with Crippen molar-refractivity contribution in [1.82, 2.24) is 35.6 Å². The van der Waals surface area contributed by atoms with E-state index in [1.54, 1.807) is 17.0 Å². The average Bonchev–Trinajstić information content (AvgIpc) is 4.04. The molecule has 0 spiro atoms. The maximum atomic E-state index is 15.9. The minimum absolute atomic E-state index is 0.0247. The molecule has 398 valence electrons. The Kier molecular flexibility index (Phi) is 18.3. The van der Waals surface area contributed by atoms with E-state index in [-0.39, 0.29) is 98.1 Å². The number of aryl methyl sites for hydroxylation is 1. The van der Waals surface area contributed by atoms with Gasteiger partial charge in [0, 0.05) is 67.9 Å². The number of primary amides is 1. The van der Waals surface area contributed by atoms with Gasteiger partial charge < -0.3 is 61.0 Å². The van der Waals surface area contributed by atoms with Gasteiger partial charge in [0.05, 0.1) is 12.1 Å². The molecule has 3 aliphatic rings. The van der Waals surface area contributed by atoms with Gasteiger partial charge >= 0.3 is 7.60 Å². The van der Waals surface area contributed by atoms with Crippen LogP contribution in [0.4, 0.5) is 4.39 Å². The van der Waals surface area contributed by atoms with Gasteiger partial charge in [-0.05, 0) is 99.6 Å². The number of nitrogens with one attached hydrogen (secondary N) is 4. The molecule has 3 fully saturated rings. The predicted octanol–water partition coefficient (Wildman–Crippen LogP) is 2.78. The standard InChI is InChI=1S/C50H68FN8O13P/c1-28-22-35(61)25-58(28)48(67)44(50(3,4)5)56-42(63)13-8-6-7-10-30-11-9-12-40(43(30)51)72-27-33(15-19-41(52)62)53-46(65)39-18-16-34-20-21-57(29(2)60)26-38(47(66)59(34)39)55-45(64)37-24-32-23-31(14-17-36(32)54-37)49(68)73(69,70)71/h9,11-12,14,17,23-24,28,33-35,38-39,44,54,61H,6-8,10,13,15-16,18-22,25-27H2,1-5H3,(H2,52,62)(H,53,65)(H,55,64)(H,56,63)(H2,69,70,71)/t28-,33+,34-,35-,38+,39+,44-/m1/s1. The lowest BCUT2D eigenvalue weighted by atomic mass is 9.85. The van der Waals surface area contributed by atoms with Crippen molar-refractivity contribution in [2.24, 2.45) is 11.1 Å². The van der Waals surface area contributed by atoms with Crippen LogP contribution in [-0.4, -0.2) is 150 Å². The van der Waals surface area contributed by atoms with E-state index < -0.39 is 84.3 Å². The quantitative estimate of drug-likeness (QED) is 0.0597. The maximum absolute atomic E-state index is 15.9. The topological polar surface area (TPSA) is 311 Å². The first-order valence-corrected chi connectivity index (χ1v) is 26.3. The third-order valence-corrected chi connectivity index (χ3v) is 14.6. The van der Waals surface area contributed by atoms with Gasteiger partial charge in [0.15, 0.2) is 11.6 Å². The van der Waals surface area contributed by atoms with Crippen LogP contribution in [0.3, 0.4) is 0 Å². The summed E-state index contributed by atoms with van der Waals surface area (Å²) in [5.74, 6) is -4.18. The van der Waals surface area contributed by atoms with Crippen molar-refractivity contribution in [3.8, 4) is 5.75 Å². The zero-order valence-electron chi connectivity index (χ0n) is 41.9. The first-order chi connectivity index (χ1) is 34.3. The molecule has 0 radical (unpaired) electrons. The minimum atomic E-state index is -5.08. The van der Waals surface area contributed by atoms with Gasteiger partial charge in [0.25, 0.3) is 11.4 Å². The largest absolute Gasteiger partial charge is 0.488 e. The Morgan fingerprint density at radius 1 is 0.973 bits per heavy atom. The van der Waals surface area contributed by atoms with Gasteiger partial charge in [0.2, 0.25) is 35.4 Å². The number of aromatic amines is 1. The molecule has 23 heteroatoms. The number of β-amino-alcohol motifs (C(OH)–C–C–N with tert-alkyl or cyclic N) is 1. The number of aliphatic hydroxyl groups excluding tert-OH is 1. The molecule has 7 atom stereocenters. The SMILES string of the molecule is CC(=O)N1CC[C@H]2CC[C@@H](C(=O)N[C@@H](CCC(N)=O)COc3cccc(CCCCCC(=O)N[C@H](C(=O)N4C[C@H](O)C[C@H]4C)C(C)(C)C)c3F)N2C(=O)[C@@H](NC(=O)c2cc3cc(C(=O)P(=O)(O)O)ccc3[nH]2)C1. The Hall–Kier alpha value is -6.22. The summed E-state index contributed by atoms with van der Waals surface area (Å²) in [6.45, 7) is 8.79. The van der Waals surface area contributed by atoms with Gasteiger partial charge in [-0.15, -0.1) is 0 Å². The van der Waals surface area contributed by atoms with E-state index in [1.165, 1.54) is 47.1 Å². The summed E-state index contributed by atoms with van der Waals surface area (Å²) in [5.41, 5.74) is 3.91. The highest BCUT2D eigenvalue weighted by Gasteiger charge is 2.46. The number of ether oxygens (including phenoxy) is 1. The average molecular weight is 1040 g/mol. The highest BCUT2D eigenvalue weighted by molar-refractivity contribution is 7.70. The lowest BCUT2D eigenvalue weighted by molar-refractivity contribution is -0.145. The molecule has 0 unspecified atom stereocenters. The minimum Gasteiger partial charge on any atom is -0.488 e. The van der Waals surface area contributed by atoms with E-state index in [2.05, 4.69) is 20.9 Å². The molecule has 6 rings (SSSR count). The van der Waals surface area contributed by atoms with Gasteiger partial charge in [0.1, 0.15) is 30.4 Å². The van der Waals surface area contributed by atoms with Crippen molar-refractivity contribution in [2.45, 2.75) is 148 Å². The Labute approximate surface area is 422 Å². The number of carbonyl (C=O) groups is 8. The number of carbonyl (C=O) groups excluding carboxylic acids is 8. The molecule has 3 aromatic rings. The number of H-pyrrole nitrogens is 1. The monoisotopic (exact) mass is 1040 g/mol. The van der Waals surface area contributed by atoms with E-state index in [0.717, 1.165) is 0 Å². The van der Waals surface area contributed by atoms with E-state index in [0.29, 0.717) is 56.0 Å². The van der Waals surface area contributed by atoms with Crippen LogP contribution in [0.1, 0.15) is 125 Å². The Bertz CT molecular complexity index is 2630. The Morgan fingerprint density at radius 3 is 2.37 bits per heavy atom. The lowest BCUT2D eigenvalue weighted by Gasteiger charge is -2.38. The summed E-state index contributed by atoms with van der Waals surface area (Å²) in [7, 11) is -5.08. The number of halogens is 1. The number of fused-ring (bicyclic) bond motifs is 2. The van der Waals surface area contributed by atoms with Gasteiger partial charge in [-0.25, -0.2) is 4.39 Å². The van der Waals surface area contributed by atoms with Crippen molar-refractivity contribution in [3.63, 3.8) is 0 Å². The molecule has 73 heavy (non-hydrogen) atoms. The highest BCUT2D eigenvalue weighted by atomic mass is 31.2. The fourth-order valence-corrected chi connectivity index (χ4v) is 10.3. The number of hydrogen-bond donors (Lipinski definition) is 8. The molecule has 0 aliphatic carbocycles. The number of amides is 7. The maximum Gasteiger partial charge on any atom is 0.396 e. The molecule has 3 aliphatic heterocycles. The third kappa shape index (κ3) is 14.3. The molecule has 0 bridgehead atoms. The molecule has 9 N–H and O–H groups in total. The van der Waals surface area contributed by atoms with Crippen LogP contribution in [0.5, 0.6) is 5.75 Å². The van der Waals surface area contributed by atoms with E-state index in [4.69, 9.17) is 10.5 Å². The molecular formula is C50H68FN8O13P. The zero-order valence-corrected chi connectivity index (χ0v) is 42.8. The molecule has 2 aromatic carbocycles. The summed E-state index contributed by atoms with van der Waals surface area (Å²) in [5, 5.41) is 18.8. The summed E-state index contributed by atoms with van der Waals surface area (Å²) < 4.78 is 33.4. The third-order valence-electron chi connectivity index (χ3n) is 13.8. The smallest absolute Gasteiger partial charge is 0.396 e. The number of aliphatic hydroxyl groups is 1. The van der Waals surface area contributed by atoms with Crippen LogP contribution in [-0.2, 0) is 39.8 Å². The van der Waals surface area contributed by atoms with Crippen LogP contribution in [0.2, 0.25) is 0 Å². The van der Waals surface area contributed by atoms with E-state index >= 15 is 4.39 Å². The number of nitrogens with two attached hydrogens (primary N) is 1. The predicted molar refractivity (Wildman–Crippen MR) is 264 cm³/mol. The summed E-state index contributed by atoms with van der Waals surface area (Å²) in [6.07, 6.45) is 2.85. The second-order valence-corrected chi connectivity index (χ2v) is 22.0. The molecule has 4 heterocycles. The van der Waals surface area contributed by atoms with Crippen LogP contribution in [0.25, 0.3) is 10.9 Å². The Balaban J connectivity index is 1.06. The zero-order chi connectivity index (χ0) is 53.5. The first-order valence-electron chi connectivity index (χ1n) is 24.7. The molecular weight excluding hydrogens is 971 g/mol. The number of aromatic nitrogens is 1. The fourth-order valence-electron chi connectivity index (χ4n) is 9.81. The molecule has 0 saturated carbocycles. The molecule has 1 aromatic heterocycles. The normalized spacial score (nSPS) is 21.2. The van der Waals surface area contributed by atoms with Crippen LogP contribution >= 0.6 is 7.60 Å². The molecule has 3 saturated heterocycles. The first kappa shape index (κ1) is 56.1. The second kappa shape index (κ2) is 23.8. The van der Waals surface area contributed by atoms with Crippen LogP contribution in [0, 0.1) is 11.2 Å². The van der Waals surface area contributed by atoms with Gasteiger partial charge in [-0.2, -0.15) is 0 Å². The van der Waals surface area contributed by atoms with Crippen molar-refractivity contribution in [3.05, 3.63) is 65.1 Å². The second-order valence-electron chi connectivity index (χ2n) is 20.5. The number of nitrogens with zero attached hydrogens (tertiary/aromatic N) is 3. The number of unbranched alkanes of at least 4 members (excludes halogenated alkanes) is 2. The van der Waals surface area contributed by atoms with Crippen LogP contribution in [0.15, 0.2) is 42.5 Å². The van der Waals surface area contributed by atoms with E-state index in [9.17, 15) is 57.8 Å². The Morgan fingerprint density at radius 2 is 1.71 bits per heavy atom. The molecule has 21 nitrogen and oxygen atoms in total. The van der Waals surface area contributed by atoms with Gasteiger partial charge in [-0.3, -0.25) is 42.9 Å². The highest BCUT2D eigenvalue weighted by Crippen LogP contribution is 2.39. The number of likely N-dealkylation sites (tertiary alicyclic amines) is 1. The fraction of sp³-hybridized carbons (Fsp3) is 0.560. The lowest BCUT2D eigenvalue weighted by Crippen LogP contribution is -2.61. The van der Waals surface area contributed by atoms with Crippen molar-refractivity contribution in [1.29, 1.82) is 0 Å². The van der Waals surface area contributed by atoms with Crippen LogP contribution < -0.4 is 26.4 Å². The van der Waals surface area contributed by atoms with Crippen molar-refractivity contribution in [2.75, 3.05) is 26.2 Å². The summed E-state index contributed by atoms with van der Waals surface area (Å²) in [4.78, 5) is 132.